The van der Waals surface area contributed by atoms with Gasteiger partial charge in [0, 0.05) is 18.5 Å². The van der Waals surface area contributed by atoms with E-state index >= 15 is 0 Å². The number of rotatable bonds is 5. The van der Waals surface area contributed by atoms with Gasteiger partial charge in [-0.1, -0.05) is 0 Å². The Morgan fingerprint density at radius 3 is 2.57 bits per heavy atom. The summed E-state index contributed by atoms with van der Waals surface area (Å²) < 4.78 is 0. The lowest BCUT2D eigenvalue weighted by atomic mass is 9.94. The fourth-order valence-electron chi connectivity index (χ4n) is 2.87. The van der Waals surface area contributed by atoms with Gasteiger partial charge in [0.05, 0.1) is 17.2 Å². The Bertz CT molecular complexity index is 495. The molecule has 0 atom stereocenters. The number of aliphatic imine (C=N–C) groups is 1. The standard InChI is InChI=1S/C16H29N5S.HI/c1-12-15(22-13(2)20-12)11-19-16(17-3)18-8-5-14-6-9-21(4)10-7-14;/h14H,5-11H2,1-4H3,(H2,17,18,19);1H. The van der Waals surface area contributed by atoms with E-state index in [0.717, 1.165) is 35.7 Å². The smallest absolute Gasteiger partial charge is 0.191 e. The van der Waals surface area contributed by atoms with E-state index in [-0.39, 0.29) is 24.0 Å². The molecule has 0 aromatic carbocycles. The third kappa shape index (κ3) is 6.93. The van der Waals surface area contributed by atoms with Crippen LogP contribution in [-0.4, -0.2) is 49.6 Å². The molecule has 0 bridgehead atoms. The molecule has 5 nitrogen and oxygen atoms in total. The van der Waals surface area contributed by atoms with Crippen molar-refractivity contribution < 1.29 is 0 Å². The Kier molecular flexibility index (Phi) is 9.38. The van der Waals surface area contributed by atoms with Gasteiger partial charge in [-0.3, -0.25) is 4.99 Å². The topological polar surface area (TPSA) is 52.6 Å². The summed E-state index contributed by atoms with van der Waals surface area (Å²) in [6, 6.07) is 0. The van der Waals surface area contributed by atoms with Crippen molar-refractivity contribution >= 4 is 41.3 Å². The molecule has 1 aliphatic rings. The van der Waals surface area contributed by atoms with Crippen molar-refractivity contribution in [2.24, 2.45) is 10.9 Å². The minimum atomic E-state index is 0. The van der Waals surface area contributed by atoms with E-state index < -0.39 is 0 Å². The molecule has 1 saturated heterocycles. The van der Waals surface area contributed by atoms with Gasteiger partial charge in [0.15, 0.2) is 5.96 Å². The summed E-state index contributed by atoms with van der Waals surface area (Å²) in [7, 11) is 4.04. The quantitative estimate of drug-likeness (QED) is 0.411. The van der Waals surface area contributed by atoms with Crippen LogP contribution < -0.4 is 10.6 Å². The molecule has 7 heteroatoms. The maximum Gasteiger partial charge on any atom is 0.191 e. The molecule has 1 aromatic heterocycles. The van der Waals surface area contributed by atoms with E-state index in [2.05, 4.69) is 46.4 Å². The lowest BCUT2D eigenvalue weighted by Crippen LogP contribution is -2.38. The Labute approximate surface area is 161 Å². The van der Waals surface area contributed by atoms with E-state index in [1.807, 2.05) is 7.05 Å². The van der Waals surface area contributed by atoms with Crippen LogP contribution in [0.15, 0.2) is 4.99 Å². The molecule has 1 aliphatic heterocycles. The third-order valence-corrected chi connectivity index (χ3v) is 5.40. The molecule has 0 radical (unpaired) electrons. The van der Waals surface area contributed by atoms with Crippen LogP contribution >= 0.6 is 35.3 Å². The SMILES string of the molecule is CN=C(NCCC1CCN(C)CC1)NCc1sc(C)nc1C.I. The summed E-state index contributed by atoms with van der Waals surface area (Å²) in [4.78, 5) is 12.5. The second-order valence-electron chi connectivity index (χ2n) is 6.13. The second kappa shape index (κ2) is 10.5. The van der Waals surface area contributed by atoms with Crippen LogP contribution in [0.2, 0.25) is 0 Å². The molecular formula is C16H30IN5S. The number of aromatic nitrogens is 1. The van der Waals surface area contributed by atoms with Crippen molar-refractivity contribution in [2.45, 2.75) is 39.7 Å². The highest BCUT2D eigenvalue weighted by Crippen LogP contribution is 2.19. The molecule has 0 amide bonds. The molecule has 0 aliphatic carbocycles. The summed E-state index contributed by atoms with van der Waals surface area (Å²) in [5, 5.41) is 7.94. The molecule has 132 valence electrons. The summed E-state index contributed by atoms with van der Waals surface area (Å²) in [5.74, 6) is 1.74. The molecule has 0 saturated carbocycles. The van der Waals surface area contributed by atoms with Gasteiger partial charge in [-0.25, -0.2) is 4.98 Å². The van der Waals surface area contributed by atoms with Crippen molar-refractivity contribution in [2.75, 3.05) is 33.7 Å². The molecule has 23 heavy (non-hydrogen) atoms. The number of nitrogens with zero attached hydrogens (tertiary/aromatic N) is 3. The molecule has 0 spiro atoms. The Morgan fingerprint density at radius 2 is 2.00 bits per heavy atom. The first kappa shape index (κ1) is 20.6. The second-order valence-corrected chi connectivity index (χ2v) is 7.42. The maximum absolute atomic E-state index is 4.46. The van der Waals surface area contributed by atoms with Crippen molar-refractivity contribution in [1.29, 1.82) is 0 Å². The van der Waals surface area contributed by atoms with Crippen molar-refractivity contribution in [1.82, 2.24) is 20.5 Å². The molecular weight excluding hydrogens is 421 g/mol. The summed E-state index contributed by atoms with van der Waals surface area (Å²) in [5.41, 5.74) is 1.12. The number of hydrogen-bond acceptors (Lipinski definition) is 4. The van der Waals surface area contributed by atoms with Crippen molar-refractivity contribution in [3.05, 3.63) is 15.6 Å². The zero-order valence-corrected chi connectivity index (χ0v) is 17.8. The molecule has 2 rings (SSSR count). The van der Waals surface area contributed by atoms with Gasteiger partial charge in [0.25, 0.3) is 0 Å². The molecule has 0 unspecified atom stereocenters. The van der Waals surface area contributed by atoms with E-state index in [1.165, 1.54) is 37.2 Å². The normalized spacial score (nSPS) is 17.0. The van der Waals surface area contributed by atoms with Crippen molar-refractivity contribution in [3.8, 4) is 0 Å². The maximum atomic E-state index is 4.46. The number of nitrogens with one attached hydrogen (secondary N) is 2. The lowest BCUT2D eigenvalue weighted by Gasteiger charge is -2.29. The van der Waals surface area contributed by atoms with Gasteiger partial charge in [0.1, 0.15) is 0 Å². The fourth-order valence-corrected chi connectivity index (χ4v) is 3.74. The molecule has 2 heterocycles. The lowest BCUT2D eigenvalue weighted by molar-refractivity contribution is 0.213. The van der Waals surface area contributed by atoms with Crippen LogP contribution in [0.4, 0.5) is 0 Å². The zero-order chi connectivity index (χ0) is 15.9. The number of guanidine groups is 1. The summed E-state index contributed by atoms with van der Waals surface area (Å²) in [6.07, 6.45) is 3.88. The zero-order valence-electron chi connectivity index (χ0n) is 14.7. The van der Waals surface area contributed by atoms with Gasteiger partial charge in [-0.15, -0.1) is 35.3 Å². The Morgan fingerprint density at radius 1 is 1.30 bits per heavy atom. The van der Waals surface area contributed by atoms with Crippen LogP contribution in [-0.2, 0) is 6.54 Å². The van der Waals surface area contributed by atoms with E-state index in [0.29, 0.717) is 0 Å². The number of aryl methyl sites for hydroxylation is 2. The highest BCUT2D eigenvalue weighted by molar-refractivity contribution is 14.0. The van der Waals surface area contributed by atoms with Gasteiger partial charge in [-0.05, 0) is 59.2 Å². The number of hydrogen-bond donors (Lipinski definition) is 2. The van der Waals surface area contributed by atoms with Crippen molar-refractivity contribution in [3.63, 3.8) is 0 Å². The first-order valence-corrected chi connectivity index (χ1v) is 8.96. The van der Waals surface area contributed by atoms with Gasteiger partial charge >= 0.3 is 0 Å². The molecule has 1 fully saturated rings. The average molecular weight is 451 g/mol. The number of halogens is 1. The number of thiazole rings is 1. The minimum Gasteiger partial charge on any atom is -0.356 e. The first-order valence-electron chi connectivity index (χ1n) is 8.14. The monoisotopic (exact) mass is 451 g/mol. The first-order chi connectivity index (χ1) is 10.6. The Balaban J connectivity index is 0.00000264. The van der Waals surface area contributed by atoms with Crippen LogP contribution in [0.25, 0.3) is 0 Å². The Hall–Kier alpha value is -0.410. The fraction of sp³-hybridized carbons (Fsp3) is 0.750. The van der Waals surface area contributed by atoms with Gasteiger partial charge in [0.2, 0.25) is 0 Å². The predicted octanol–water partition coefficient (Wildman–Crippen LogP) is 2.77. The average Bonchev–Trinajstić information content (AvgIpc) is 2.82. The van der Waals surface area contributed by atoms with Crippen LogP contribution in [0, 0.1) is 19.8 Å². The van der Waals surface area contributed by atoms with E-state index in [1.54, 1.807) is 11.3 Å². The van der Waals surface area contributed by atoms with E-state index in [9.17, 15) is 0 Å². The highest BCUT2D eigenvalue weighted by Gasteiger charge is 2.16. The van der Waals surface area contributed by atoms with Gasteiger partial charge < -0.3 is 15.5 Å². The molecule has 2 N–H and O–H groups in total. The summed E-state index contributed by atoms with van der Waals surface area (Å²) >= 11 is 1.75. The van der Waals surface area contributed by atoms with Gasteiger partial charge in [-0.2, -0.15) is 0 Å². The van der Waals surface area contributed by atoms with Crippen LogP contribution in [0.3, 0.4) is 0 Å². The van der Waals surface area contributed by atoms with E-state index in [4.69, 9.17) is 0 Å². The van der Waals surface area contributed by atoms with Crippen LogP contribution in [0.5, 0.6) is 0 Å². The minimum absolute atomic E-state index is 0. The number of likely N-dealkylation sites (tertiary alicyclic amines) is 1. The molecule has 1 aromatic rings. The predicted molar refractivity (Wildman–Crippen MR) is 110 cm³/mol. The third-order valence-electron chi connectivity index (χ3n) is 4.32. The summed E-state index contributed by atoms with van der Waals surface area (Å²) in [6.45, 7) is 8.38. The largest absolute Gasteiger partial charge is 0.356 e. The van der Waals surface area contributed by atoms with Crippen LogP contribution in [0.1, 0.15) is 34.8 Å². The number of piperidine rings is 1. The highest BCUT2D eigenvalue weighted by atomic mass is 127.